The molecule has 0 spiro atoms. The van der Waals surface area contributed by atoms with Gasteiger partial charge in [-0.25, -0.2) is 0 Å². The number of fused-ring (bicyclic) bond motifs is 6. The molecule has 0 nitrogen and oxygen atoms in total. The highest BCUT2D eigenvalue weighted by Gasteiger charge is 2.17. The lowest BCUT2D eigenvalue weighted by molar-refractivity contribution is 1.63. The zero-order valence-corrected chi connectivity index (χ0v) is 22.0. The second-order valence-corrected chi connectivity index (χ2v) is 10.5. The molecule has 0 aromatic heterocycles. The van der Waals surface area contributed by atoms with E-state index < -0.39 is 0 Å². The molecule has 0 N–H and O–H groups in total. The van der Waals surface area contributed by atoms with Gasteiger partial charge >= 0.3 is 0 Å². The molecule has 0 heterocycles. The molecule has 0 aliphatic heterocycles. The van der Waals surface area contributed by atoms with E-state index in [1.807, 2.05) is 0 Å². The van der Waals surface area contributed by atoms with Gasteiger partial charge in [0.2, 0.25) is 0 Å². The molecule has 0 aliphatic carbocycles. The van der Waals surface area contributed by atoms with Gasteiger partial charge in [-0.2, -0.15) is 0 Å². The van der Waals surface area contributed by atoms with Gasteiger partial charge in [-0.05, 0) is 88.6 Å². The second kappa shape index (κ2) is 9.22. The quantitative estimate of drug-likeness (QED) is 0.209. The Bertz CT molecular complexity index is 2200. The first-order valence-electron chi connectivity index (χ1n) is 13.9. The maximum atomic E-state index is 2.42. The Kier molecular flexibility index (Phi) is 5.24. The van der Waals surface area contributed by atoms with Crippen LogP contribution in [0, 0.1) is 0 Å². The van der Waals surface area contributed by atoms with E-state index in [0.717, 1.165) is 0 Å². The average Bonchev–Trinajstić information content (AvgIpc) is 3.04. The standard InChI is InChI=1S/C40H26/c1-2-13-28(14-3-1)38-25-29-26-39(35-21-9-11-23-37(35)40(29)36-22-10-8-20-34(36)38)33-19-7-6-18-32(33)31-24-12-16-27-15-4-5-17-30(27)31/h1-26H. The van der Waals surface area contributed by atoms with Crippen molar-refractivity contribution >= 4 is 43.1 Å². The molecular weight excluding hydrogens is 480 g/mol. The highest BCUT2D eigenvalue weighted by atomic mass is 14.2. The third-order valence-electron chi connectivity index (χ3n) is 8.24. The van der Waals surface area contributed by atoms with E-state index in [2.05, 4.69) is 158 Å². The largest absolute Gasteiger partial charge is 0.0622 e. The van der Waals surface area contributed by atoms with E-state index in [4.69, 9.17) is 0 Å². The molecule has 8 rings (SSSR count). The molecule has 0 heteroatoms. The average molecular weight is 507 g/mol. The van der Waals surface area contributed by atoms with Gasteiger partial charge in [-0.15, -0.1) is 0 Å². The fourth-order valence-corrected chi connectivity index (χ4v) is 6.47. The minimum Gasteiger partial charge on any atom is -0.0622 e. The lowest BCUT2D eigenvalue weighted by Crippen LogP contribution is -1.91. The van der Waals surface area contributed by atoms with Crippen molar-refractivity contribution in [1.29, 1.82) is 0 Å². The summed E-state index contributed by atoms with van der Waals surface area (Å²) in [7, 11) is 0. The highest BCUT2D eigenvalue weighted by molar-refractivity contribution is 6.26. The van der Waals surface area contributed by atoms with Crippen molar-refractivity contribution in [2.75, 3.05) is 0 Å². The van der Waals surface area contributed by atoms with Crippen molar-refractivity contribution in [3.63, 3.8) is 0 Å². The highest BCUT2D eigenvalue weighted by Crippen LogP contribution is 2.44. The van der Waals surface area contributed by atoms with Gasteiger partial charge in [-0.1, -0.05) is 146 Å². The van der Waals surface area contributed by atoms with Crippen LogP contribution in [0.2, 0.25) is 0 Å². The zero-order chi connectivity index (χ0) is 26.5. The van der Waals surface area contributed by atoms with Crippen LogP contribution in [0.5, 0.6) is 0 Å². The Morgan fingerprint density at radius 2 is 0.725 bits per heavy atom. The summed E-state index contributed by atoms with van der Waals surface area (Å²) in [5, 5.41) is 10.3. The van der Waals surface area contributed by atoms with E-state index >= 15 is 0 Å². The minimum atomic E-state index is 1.24. The van der Waals surface area contributed by atoms with Crippen molar-refractivity contribution in [1.82, 2.24) is 0 Å². The lowest BCUT2D eigenvalue weighted by Gasteiger charge is -2.18. The van der Waals surface area contributed by atoms with Crippen LogP contribution < -0.4 is 0 Å². The molecule has 8 aromatic carbocycles. The van der Waals surface area contributed by atoms with Crippen LogP contribution in [0.4, 0.5) is 0 Å². The third kappa shape index (κ3) is 3.54. The van der Waals surface area contributed by atoms with Crippen LogP contribution in [0.1, 0.15) is 0 Å². The normalized spacial score (nSPS) is 11.5. The molecule has 0 saturated heterocycles. The molecule has 0 atom stereocenters. The van der Waals surface area contributed by atoms with E-state index in [1.54, 1.807) is 0 Å². The first-order chi connectivity index (χ1) is 19.9. The number of hydrogen-bond acceptors (Lipinski definition) is 0. The number of benzene rings is 8. The summed E-state index contributed by atoms with van der Waals surface area (Å²) in [6.45, 7) is 0. The Hall–Kier alpha value is -5.20. The Labute approximate surface area is 233 Å². The van der Waals surface area contributed by atoms with Crippen LogP contribution in [0.15, 0.2) is 158 Å². The minimum absolute atomic E-state index is 1.24. The van der Waals surface area contributed by atoms with Crippen LogP contribution in [-0.4, -0.2) is 0 Å². The first-order valence-corrected chi connectivity index (χ1v) is 13.9. The van der Waals surface area contributed by atoms with E-state index in [-0.39, 0.29) is 0 Å². The molecular formula is C40H26. The summed E-state index contributed by atoms with van der Waals surface area (Å²) >= 11 is 0. The molecule has 0 unspecified atom stereocenters. The summed E-state index contributed by atoms with van der Waals surface area (Å²) < 4.78 is 0. The summed E-state index contributed by atoms with van der Waals surface area (Å²) in [6, 6.07) is 57.5. The van der Waals surface area contributed by atoms with Gasteiger partial charge in [0.1, 0.15) is 0 Å². The SMILES string of the molecule is c1ccc(-c2cc3cc(-c4ccccc4-c4cccc5ccccc45)c4ccccc4c3c3ccccc23)cc1. The second-order valence-electron chi connectivity index (χ2n) is 10.5. The lowest BCUT2D eigenvalue weighted by atomic mass is 9.85. The third-order valence-corrected chi connectivity index (χ3v) is 8.24. The van der Waals surface area contributed by atoms with Gasteiger partial charge < -0.3 is 0 Å². The summed E-state index contributed by atoms with van der Waals surface area (Å²) in [4.78, 5) is 0. The summed E-state index contributed by atoms with van der Waals surface area (Å²) in [5.41, 5.74) is 7.56. The number of rotatable bonds is 3. The first kappa shape index (κ1) is 22.8. The molecule has 0 bridgehead atoms. The Balaban J connectivity index is 1.49. The Morgan fingerprint density at radius 3 is 1.45 bits per heavy atom. The summed E-state index contributed by atoms with van der Waals surface area (Å²) in [6.07, 6.45) is 0. The molecule has 0 amide bonds. The monoisotopic (exact) mass is 506 g/mol. The molecule has 40 heavy (non-hydrogen) atoms. The number of hydrogen-bond donors (Lipinski definition) is 0. The topological polar surface area (TPSA) is 0 Å². The Morgan fingerprint density at radius 1 is 0.250 bits per heavy atom. The van der Waals surface area contributed by atoms with Crippen molar-refractivity contribution in [2.24, 2.45) is 0 Å². The molecule has 0 aliphatic rings. The zero-order valence-electron chi connectivity index (χ0n) is 22.0. The molecule has 186 valence electrons. The van der Waals surface area contributed by atoms with Gasteiger partial charge in [0, 0.05) is 0 Å². The van der Waals surface area contributed by atoms with Crippen molar-refractivity contribution < 1.29 is 0 Å². The fraction of sp³-hybridized carbons (Fsp3) is 0. The predicted octanol–water partition coefficient (Wildman–Crippen LogP) is 11.3. The van der Waals surface area contributed by atoms with E-state index in [1.165, 1.54) is 76.5 Å². The van der Waals surface area contributed by atoms with Gasteiger partial charge in [-0.3, -0.25) is 0 Å². The molecule has 8 aromatic rings. The molecule has 0 saturated carbocycles. The van der Waals surface area contributed by atoms with Crippen LogP contribution in [0.25, 0.3) is 76.5 Å². The maximum absolute atomic E-state index is 2.42. The molecule has 0 fully saturated rings. The van der Waals surface area contributed by atoms with Crippen molar-refractivity contribution in [3.8, 4) is 33.4 Å². The maximum Gasteiger partial charge on any atom is -0.00259 e. The molecule has 0 radical (unpaired) electrons. The van der Waals surface area contributed by atoms with Gasteiger partial charge in [0.15, 0.2) is 0 Å². The summed E-state index contributed by atoms with van der Waals surface area (Å²) in [5.74, 6) is 0. The van der Waals surface area contributed by atoms with Crippen molar-refractivity contribution in [3.05, 3.63) is 158 Å². The van der Waals surface area contributed by atoms with Gasteiger partial charge in [0.25, 0.3) is 0 Å². The van der Waals surface area contributed by atoms with E-state index in [0.29, 0.717) is 0 Å². The van der Waals surface area contributed by atoms with E-state index in [9.17, 15) is 0 Å². The smallest absolute Gasteiger partial charge is 0.00259 e. The van der Waals surface area contributed by atoms with Crippen LogP contribution in [0.3, 0.4) is 0 Å². The van der Waals surface area contributed by atoms with Crippen LogP contribution >= 0.6 is 0 Å². The van der Waals surface area contributed by atoms with Gasteiger partial charge in [0.05, 0.1) is 0 Å². The van der Waals surface area contributed by atoms with Crippen LogP contribution in [-0.2, 0) is 0 Å². The fourth-order valence-electron chi connectivity index (χ4n) is 6.47. The predicted molar refractivity (Wildman–Crippen MR) is 173 cm³/mol. The van der Waals surface area contributed by atoms with Crippen molar-refractivity contribution in [2.45, 2.75) is 0 Å².